The molecule has 0 unspecified atom stereocenters. The van der Waals surface area contributed by atoms with E-state index in [0.29, 0.717) is 0 Å². The van der Waals surface area contributed by atoms with Gasteiger partial charge in [0, 0.05) is 0 Å². The summed E-state index contributed by atoms with van der Waals surface area (Å²) in [4.78, 5) is 19.9. The fraction of sp³-hybridized carbons (Fsp3) is 0.625. The number of carboxylic acid groups (broad SMARTS) is 1. The fourth-order valence-corrected chi connectivity index (χ4v) is 1.06. The summed E-state index contributed by atoms with van der Waals surface area (Å²) in [5, 5.41) is 9.49. The zero-order valence-electron chi connectivity index (χ0n) is 9.02. The molecule has 0 heterocycles. The van der Waals surface area contributed by atoms with Crippen LogP contribution in [0.15, 0.2) is 12.2 Å². The second kappa shape index (κ2) is 8.61. The third-order valence-electron chi connectivity index (χ3n) is 0.923. The van der Waals surface area contributed by atoms with Crippen molar-refractivity contribution in [2.45, 2.75) is 20.8 Å². The van der Waals surface area contributed by atoms with E-state index >= 15 is 0 Å². The molecule has 0 fully saturated rings. The van der Waals surface area contributed by atoms with E-state index in [9.17, 15) is 19.4 Å². The summed E-state index contributed by atoms with van der Waals surface area (Å²) in [6.07, 6.45) is 0. The second-order valence-corrected chi connectivity index (χ2v) is 3.76. The summed E-state index contributed by atoms with van der Waals surface area (Å²) in [6, 6.07) is 0. The molecule has 15 heavy (non-hydrogen) atoms. The van der Waals surface area contributed by atoms with Gasteiger partial charge in [0.15, 0.2) is 0 Å². The Bertz CT molecular complexity index is 228. The van der Waals surface area contributed by atoms with Crippen molar-refractivity contribution in [1.82, 2.24) is 0 Å². The SMILES string of the molecule is C=C(C)C(=O)[O-].CCOP(=O)([O-])OCC. The van der Waals surface area contributed by atoms with Crippen molar-refractivity contribution in [3.63, 3.8) is 0 Å². The zero-order chi connectivity index (χ0) is 12.5. The average molecular weight is 238 g/mol. The largest absolute Gasteiger partial charge is 0.756 e. The maximum Gasteiger partial charge on any atom is 0.267 e. The Labute approximate surface area is 89.1 Å². The van der Waals surface area contributed by atoms with E-state index in [2.05, 4.69) is 15.6 Å². The van der Waals surface area contributed by atoms with Crippen LogP contribution in [0.5, 0.6) is 0 Å². The Morgan fingerprint density at radius 1 is 1.33 bits per heavy atom. The Kier molecular flexibility index (Phi) is 9.61. The quantitative estimate of drug-likeness (QED) is 0.487. The van der Waals surface area contributed by atoms with Crippen molar-refractivity contribution in [3.05, 3.63) is 12.2 Å². The van der Waals surface area contributed by atoms with Crippen molar-refractivity contribution in [3.8, 4) is 0 Å². The average Bonchev–Trinajstić information content (AvgIpc) is 2.04. The van der Waals surface area contributed by atoms with E-state index in [1.165, 1.54) is 6.92 Å². The molecular formula is C8H15O6P-2. The highest BCUT2D eigenvalue weighted by Gasteiger charge is 2.04. The van der Waals surface area contributed by atoms with Crippen LogP contribution >= 0.6 is 7.82 Å². The van der Waals surface area contributed by atoms with Gasteiger partial charge in [-0.2, -0.15) is 0 Å². The lowest BCUT2D eigenvalue weighted by Crippen LogP contribution is -2.22. The number of carbonyl (C=O) groups excluding carboxylic acids is 1. The number of hydrogen-bond donors (Lipinski definition) is 0. The first-order valence-electron chi connectivity index (χ1n) is 4.23. The molecule has 0 aromatic rings. The van der Waals surface area contributed by atoms with Crippen LogP contribution in [0, 0.1) is 0 Å². The predicted molar refractivity (Wildman–Crippen MR) is 50.7 cm³/mol. The Hall–Kier alpha value is -0.680. The van der Waals surface area contributed by atoms with Crippen LogP contribution in [0.2, 0.25) is 0 Å². The lowest BCUT2D eigenvalue weighted by atomic mass is 10.4. The maximum absolute atomic E-state index is 10.4. The predicted octanol–water partition coefficient (Wildman–Crippen LogP) is -0.160. The summed E-state index contributed by atoms with van der Waals surface area (Å²) in [7, 11) is -3.94. The summed E-state index contributed by atoms with van der Waals surface area (Å²) in [6.45, 7) is 7.90. The smallest absolute Gasteiger partial charge is 0.267 e. The minimum atomic E-state index is -3.94. The fourth-order valence-electron chi connectivity index (χ4n) is 0.353. The second-order valence-electron chi connectivity index (χ2n) is 2.35. The number of phosphoric ester groups is 1. The van der Waals surface area contributed by atoms with Crippen LogP contribution < -0.4 is 10.00 Å². The van der Waals surface area contributed by atoms with Crippen LogP contribution in [0.25, 0.3) is 0 Å². The lowest BCUT2D eigenvalue weighted by molar-refractivity contribution is -0.299. The molecule has 0 aliphatic carbocycles. The first-order valence-corrected chi connectivity index (χ1v) is 5.69. The summed E-state index contributed by atoms with van der Waals surface area (Å²) in [5.41, 5.74) is 0.0648. The number of carboxylic acids is 1. The molecule has 0 bridgehead atoms. The van der Waals surface area contributed by atoms with Gasteiger partial charge in [-0.1, -0.05) is 6.58 Å². The molecule has 0 aromatic carbocycles. The van der Waals surface area contributed by atoms with Crippen molar-refractivity contribution in [1.29, 1.82) is 0 Å². The first-order chi connectivity index (χ1) is 6.76. The number of carbonyl (C=O) groups is 1. The standard InChI is InChI=1S/C4H11O4P.C4H6O2/c1-3-7-9(5,6)8-4-2;1-3(2)4(5)6/h3-4H2,1-2H3,(H,5,6);1H2,2H3,(H,5,6)/p-2. The van der Waals surface area contributed by atoms with Gasteiger partial charge in [-0.05, 0) is 26.3 Å². The molecule has 0 saturated carbocycles. The van der Waals surface area contributed by atoms with E-state index in [1.807, 2.05) is 0 Å². The van der Waals surface area contributed by atoms with Gasteiger partial charge in [-0.3, -0.25) is 4.57 Å². The van der Waals surface area contributed by atoms with Crippen molar-refractivity contribution < 1.29 is 28.4 Å². The molecule has 0 saturated heterocycles. The van der Waals surface area contributed by atoms with E-state index < -0.39 is 13.8 Å². The number of rotatable bonds is 5. The van der Waals surface area contributed by atoms with Crippen LogP contribution in [0.3, 0.4) is 0 Å². The molecule has 0 N–H and O–H groups in total. The molecule has 0 aromatic heterocycles. The van der Waals surface area contributed by atoms with E-state index in [-0.39, 0.29) is 18.8 Å². The van der Waals surface area contributed by atoms with Gasteiger partial charge in [0.05, 0.1) is 19.2 Å². The van der Waals surface area contributed by atoms with E-state index in [1.54, 1.807) is 13.8 Å². The van der Waals surface area contributed by atoms with Gasteiger partial charge in [0.25, 0.3) is 7.82 Å². The topological polar surface area (TPSA) is 98.7 Å². The van der Waals surface area contributed by atoms with Crippen molar-refractivity contribution in [2.24, 2.45) is 0 Å². The van der Waals surface area contributed by atoms with E-state index in [4.69, 9.17) is 0 Å². The Balaban J connectivity index is 0. The molecule has 0 aliphatic rings. The van der Waals surface area contributed by atoms with Gasteiger partial charge in [0.1, 0.15) is 0 Å². The monoisotopic (exact) mass is 238 g/mol. The van der Waals surface area contributed by atoms with Crippen LogP contribution in [-0.2, 0) is 18.4 Å². The molecule has 90 valence electrons. The molecule has 0 aliphatic heterocycles. The highest BCUT2D eigenvalue weighted by molar-refractivity contribution is 7.45. The van der Waals surface area contributed by atoms with Gasteiger partial charge in [-0.25, -0.2) is 0 Å². The summed E-state index contributed by atoms with van der Waals surface area (Å²) >= 11 is 0. The number of phosphoric acid groups is 1. The lowest BCUT2D eigenvalue weighted by Gasteiger charge is -2.20. The van der Waals surface area contributed by atoms with Gasteiger partial charge in [-0.15, -0.1) is 0 Å². The molecule has 6 nitrogen and oxygen atoms in total. The Morgan fingerprint density at radius 2 is 1.60 bits per heavy atom. The highest BCUT2D eigenvalue weighted by atomic mass is 31.2. The van der Waals surface area contributed by atoms with E-state index in [0.717, 1.165) is 0 Å². The van der Waals surface area contributed by atoms with Gasteiger partial charge < -0.3 is 23.8 Å². The molecular weight excluding hydrogens is 223 g/mol. The zero-order valence-corrected chi connectivity index (χ0v) is 9.91. The summed E-state index contributed by atoms with van der Waals surface area (Å²) in [5.74, 6) is -1.19. The summed E-state index contributed by atoms with van der Waals surface area (Å²) < 4.78 is 18.9. The van der Waals surface area contributed by atoms with Gasteiger partial charge in [0.2, 0.25) is 0 Å². The minimum Gasteiger partial charge on any atom is -0.756 e. The molecule has 0 rings (SSSR count). The first kappa shape index (κ1) is 16.7. The normalized spacial score (nSPS) is 10.1. The third-order valence-corrected chi connectivity index (χ3v) is 2.07. The number of aliphatic carboxylic acids is 1. The molecule has 0 radical (unpaired) electrons. The van der Waals surface area contributed by atoms with Crippen molar-refractivity contribution >= 4 is 13.8 Å². The highest BCUT2D eigenvalue weighted by Crippen LogP contribution is 2.37. The van der Waals surface area contributed by atoms with Crippen molar-refractivity contribution in [2.75, 3.05) is 13.2 Å². The van der Waals surface area contributed by atoms with Crippen LogP contribution in [0.1, 0.15) is 20.8 Å². The van der Waals surface area contributed by atoms with Gasteiger partial charge >= 0.3 is 0 Å². The Morgan fingerprint density at radius 3 is 1.73 bits per heavy atom. The number of hydrogen-bond acceptors (Lipinski definition) is 6. The maximum atomic E-state index is 10.4. The van der Waals surface area contributed by atoms with Crippen LogP contribution in [0.4, 0.5) is 0 Å². The third kappa shape index (κ3) is 13.3. The molecule has 0 spiro atoms. The molecule has 0 atom stereocenters. The van der Waals surface area contributed by atoms with Crippen LogP contribution in [-0.4, -0.2) is 19.2 Å². The molecule has 7 heteroatoms. The minimum absolute atomic E-state index is 0.0648. The molecule has 0 amide bonds.